The van der Waals surface area contributed by atoms with Crippen LogP contribution < -0.4 is 0 Å². The van der Waals surface area contributed by atoms with E-state index in [2.05, 4.69) is 6.92 Å². The van der Waals surface area contributed by atoms with Gasteiger partial charge in [-0.05, 0) is 32.1 Å². The molecule has 0 bridgehead atoms. The van der Waals surface area contributed by atoms with Crippen LogP contribution in [0, 0.1) is 5.92 Å². The molecule has 0 aromatic heterocycles. The molecule has 3 atom stereocenters. The van der Waals surface area contributed by atoms with Gasteiger partial charge < -0.3 is 18.9 Å². The van der Waals surface area contributed by atoms with Gasteiger partial charge in [0.1, 0.15) is 6.10 Å². The Hall–Kier alpha value is -0.650. The summed E-state index contributed by atoms with van der Waals surface area (Å²) in [4.78, 5) is 10.8. The first-order chi connectivity index (χ1) is 11.2. The van der Waals surface area contributed by atoms with Crippen molar-refractivity contribution in [1.82, 2.24) is 0 Å². The topological polar surface area (TPSA) is 54.0 Å². The van der Waals surface area contributed by atoms with Crippen molar-refractivity contribution in [3.05, 3.63) is 0 Å². The van der Waals surface area contributed by atoms with Crippen molar-refractivity contribution in [3.8, 4) is 0 Å². The van der Waals surface area contributed by atoms with Crippen molar-refractivity contribution >= 4 is 6.47 Å². The van der Waals surface area contributed by atoms with Crippen LogP contribution in [0.3, 0.4) is 0 Å². The summed E-state index contributed by atoms with van der Waals surface area (Å²) in [5, 5.41) is 0. The van der Waals surface area contributed by atoms with E-state index in [1.54, 1.807) is 0 Å². The maximum absolute atomic E-state index is 10.8. The largest absolute Gasteiger partial charge is 0.464 e. The molecule has 1 aliphatic heterocycles. The van der Waals surface area contributed by atoms with Gasteiger partial charge in [0.25, 0.3) is 6.47 Å². The minimum Gasteiger partial charge on any atom is -0.464 e. The van der Waals surface area contributed by atoms with E-state index in [4.69, 9.17) is 18.9 Å². The van der Waals surface area contributed by atoms with E-state index in [0.29, 0.717) is 32.2 Å². The molecule has 2 fully saturated rings. The first-order valence-electron chi connectivity index (χ1n) is 9.21. The van der Waals surface area contributed by atoms with Gasteiger partial charge in [-0.25, -0.2) is 0 Å². The maximum Gasteiger partial charge on any atom is 0.293 e. The Bertz CT molecular complexity index is 340. The lowest BCUT2D eigenvalue weighted by Crippen LogP contribution is -2.32. The molecule has 0 spiro atoms. The second kappa shape index (κ2) is 9.60. The summed E-state index contributed by atoms with van der Waals surface area (Å²) in [6, 6.07) is 0. The zero-order valence-electron chi connectivity index (χ0n) is 14.6. The monoisotopic (exact) mass is 328 g/mol. The van der Waals surface area contributed by atoms with Gasteiger partial charge in [-0.1, -0.05) is 19.8 Å². The molecule has 1 heterocycles. The number of ether oxygens (including phenoxy) is 4. The second-order valence-electron chi connectivity index (χ2n) is 6.68. The van der Waals surface area contributed by atoms with Crippen molar-refractivity contribution in [2.24, 2.45) is 5.92 Å². The summed E-state index contributed by atoms with van der Waals surface area (Å²) in [7, 11) is 0. The molecule has 0 amide bonds. The quantitative estimate of drug-likeness (QED) is 0.429. The zero-order chi connectivity index (χ0) is 16.5. The lowest BCUT2D eigenvalue weighted by Gasteiger charge is -2.29. The first kappa shape index (κ1) is 18.7. The average molecular weight is 328 g/mol. The molecule has 2 rings (SSSR count). The van der Waals surface area contributed by atoms with Gasteiger partial charge in [0.05, 0.1) is 19.3 Å². The van der Waals surface area contributed by atoms with Crippen LogP contribution >= 0.6 is 0 Å². The van der Waals surface area contributed by atoms with Crippen LogP contribution in [0.5, 0.6) is 0 Å². The highest BCUT2D eigenvalue weighted by atomic mass is 16.7. The van der Waals surface area contributed by atoms with Crippen LogP contribution in [-0.2, 0) is 23.7 Å². The number of hydrogen-bond donors (Lipinski definition) is 0. The summed E-state index contributed by atoms with van der Waals surface area (Å²) < 4.78 is 22.9. The first-order valence-corrected chi connectivity index (χ1v) is 9.21. The molecule has 0 radical (unpaired) electrons. The Kier molecular flexibility index (Phi) is 7.80. The van der Waals surface area contributed by atoms with Crippen molar-refractivity contribution in [2.75, 3.05) is 19.8 Å². The summed E-state index contributed by atoms with van der Waals surface area (Å²) in [6.07, 6.45) is 8.27. The molecule has 1 saturated heterocycles. The van der Waals surface area contributed by atoms with Gasteiger partial charge in [0.15, 0.2) is 5.79 Å². The minimum atomic E-state index is -0.412. The molecule has 1 aliphatic carbocycles. The molecule has 134 valence electrons. The standard InChI is InChI=1S/C18H32O5/c1-3-5-6-8-18(22-10-11-23-18)9-7-15-12-16(20-4-2)13-17(15)21-14-19/h14-17H,3-13H2,1-2H3/t15-,16?,17+/m1/s1. The fourth-order valence-corrected chi connectivity index (χ4v) is 3.91. The SMILES string of the molecule is CCCCCC1(CC[C@@H]2CC(OCC)C[C@@H]2OC=O)OCCO1. The summed E-state index contributed by atoms with van der Waals surface area (Å²) in [5.74, 6) is -0.0717. The fraction of sp³-hybridized carbons (Fsp3) is 0.944. The number of unbranched alkanes of at least 4 members (excludes halogenated alkanes) is 2. The Balaban J connectivity index is 1.86. The van der Waals surface area contributed by atoms with Gasteiger partial charge in [-0.2, -0.15) is 0 Å². The molecule has 1 saturated carbocycles. The van der Waals surface area contributed by atoms with E-state index in [9.17, 15) is 4.79 Å². The maximum atomic E-state index is 10.8. The van der Waals surface area contributed by atoms with Crippen LogP contribution in [0.15, 0.2) is 0 Å². The van der Waals surface area contributed by atoms with Crippen LogP contribution in [0.25, 0.3) is 0 Å². The highest BCUT2D eigenvalue weighted by Crippen LogP contribution is 2.38. The lowest BCUT2D eigenvalue weighted by atomic mass is 9.93. The number of rotatable bonds is 11. The van der Waals surface area contributed by atoms with Crippen LogP contribution in [0.1, 0.15) is 65.2 Å². The Labute approximate surface area is 140 Å². The predicted molar refractivity (Wildman–Crippen MR) is 87.1 cm³/mol. The Morgan fingerprint density at radius 3 is 2.57 bits per heavy atom. The summed E-state index contributed by atoms with van der Waals surface area (Å²) in [5.41, 5.74) is 0. The molecule has 0 N–H and O–H groups in total. The van der Waals surface area contributed by atoms with Crippen molar-refractivity contribution < 1.29 is 23.7 Å². The fourth-order valence-electron chi connectivity index (χ4n) is 3.91. The molecule has 1 unspecified atom stereocenters. The third kappa shape index (κ3) is 5.44. The number of hydrogen-bond acceptors (Lipinski definition) is 5. The molecule has 2 aliphatic rings. The van der Waals surface area contributed by atoms with Crippen molar-refractivity contribution in [3.63, 3.8) is 0 Å². The van der Waals surface area contributed by atoms with Crippen molar-refractivity contribution in [2.45, 2.75) is 83.2 Å². The third-order valence-electron chi connectivity index (χ3n) is 5.09. The van der Waals surface area contributed by atoms with Gasteiger partial charge >= 0.3 is 0 Å². The van der Waals surface area contributed by atoms with Crippen molar-refractivity contribution in [1.29, 1.82) is 0 Å². The van der Waals surface area contributed by atoms with Gasteiger partial charge in [0.2, 0.25) is 0 Å². The number of carbonyl (C=O) groups excluding carboxylic acids is 1. The van der Waals surface area contributed by atoms with E-state index < -0.39 is 5.79 Å². The van der Waals surface area contributed by atoms with E-state index in [1.807, 2.05) is 6.92 Å². The molecule has 5 heteroatoms. The smallest absolute Gasteiger partial charge is 0.293 e. The summed E-state index contributed by atoms with van der Waals surface area (Å²) in [6.45, 7) is 6.87. The molecular weight excluding hydrogens is 296 g/mol. The average Bonchev–Trinajstić information content (AvgIpc) is 3.14. The molecule has 23 heavy (non-hydrogen) atoms. The number of carbonyl (C=O) groups is 1. The molecule has 5 nitrogen and oxygen atoms in total. The Morgan fingerprint density at radius 2 is 1.91 bits per heavy atom. The predicted octanol–water partition coefficient (Wildman–Crippen LogP) is 3.45. The molecule has 0 aromatic rings. The van der Waals surface area contributed by atoms with E-state index in [-0.39, 0.29) is 12.2 Å². The van der Waals surface area contributed by atoms with Gasteiger partial charge in [-0.3, -0.25) is 4.79 Å². The minimum absolute atomic E-state index is 0.0295. The third-order valence-corrected chi connectivity index (χ3v) is 5.09. The zero-order valence-corrected chi connectivity index (χ0v) is 14.6. The summed E-state index contributed by atoms with van der Waals surface area (Å²) >= 11 is 0. The highest BCUT2D eigenvalue weighted by Gasteiger charge is 2.40. The van der Waals surface area contributed by atoms with Gasteiger partial charge in [0, 0.05) is 25.9 Å². The highest BCUT2D eigenvalue weighted by molar-refractivity contribution is 5.37. The van der Waals surface area contributed by atoms with Crippen LogP contribution in [0.4, 0.5) is 0 Å². The van der Waals surface area contributed by atoms with E-state index in [0.717, 1.165) is 38.5 Å². The Morgan fingerprint density at radius 1 is 1.13 bits per heavy atom. The lowest BCUT2D eigenvalue weighted by molar-refractivity contribution is -0.171. The van der Waals surface area contributed by atoms with Gasteiger partial charge in [-0.15, -0.1) is 0 Å². The normalized spacial score (nSPS) is 29.7. The molecule has 0 aromatic carbocycles. The molecular formula is C18H32O5. The van der Waals surface area contributed by atoms with E-state index in [1.165, 1.54) is 12.8 Å². The van der Waals surface area contributed by atoms with Crippen LogP contribution in [-0.4, -0.2) is 44.3 Å². The van der Waals surface area contributed by atoms with E-state index >= 15 is 0 Å². The van der Waals surface area contributed by atoms with Crippen LogP contribution in [0.2, 0.25) is 0 Å². The second-order valence-corrected chi connectivity index (χ2v) is 6.68.